The van der Waals surface area contributed by atoms with Crippen molar-refractivity contribution in [3.63, 3.8) is 0 Å². The first kappa shape index (κ1) is 24.5. The lowest BCUT2D eigenvalue weighted by molar-refractivity contribution is -0.145. The van der Waals surface area contributed by atoms with Crippen molar-refractivity contribution >= 4 is 22.9 Å². The fourth-order valence-corrected chi connectivity index (χ4v) is 4.66. The van der Waals surface area contributed by atoms with Crippen LogP contribution >= 0.6 is 0 Å². The van der Waals surface area contributed by atoms with Crippen molar-refractivity contribution in [3.05, 3.63) is 53.3 Å². The van der Waals surface area contributed by atoms with Gasteiger partial charge in [-0.25, -0.2) is 4.98 Å². The number of imidazole rings is 1. The fourth-order valence-electron chi connectivity index (χ4n) is 4.66. The number of ether oxygens (including phenoxy) is 3. The third-order valence-electron chi connectivity index (χ3n) is 6.45. The standard InChI is InChI=1S/C26H32N4O5/c1-5-35-26(32)14-21-18-13-23(34-4)22(33-3)12-17(18)10-11-30(21)16-25(31)27-15-24-28-19-8-6-7-9-20(19)29(24)2/h6-9,12-13,21H,5,10-11,14-16H2,1-4H3,(H,27,31). The van der Waals surface area contributed by atoms with Crippen LogP contribution in [0.1, 0.15) is 36.3 Å². The average molecular weight is 481 g/mol. The molecule has 3 aromatic rings. The third kappa shape index (κ3) is 5.24. The number of aromatic nitrogens is 2. The van der Waals surface area contributed by atoms with Crippen LogP contribution in [0.25, 0.3) is 11.0 Å². The Labute approximate surface area is 205 Å². The van der Waals surface area contributed by atoms with Gasteiger partial charge in [-0.3, -0.25) is 14.5 Å². The van der Waals surface area contributed by atoms with Gasteiger partial charge in [0.1, 0.15) is 5.82 Å². The monoisotopic (exact) mass is 480 g/mol. The molecule has 186 valence electrons. The van der Waals surface area contributed by atoms with Crippen LogP contribution in [0.4, 0.5) is 0 Å². The average Bonchev–Trinajstić information content (AvgIpc) is 3.19. The van der Waals surface area contributed by atoms with Crippen molar-refractivity contribution in [2.24, 2.45) is 7.05 Å². The van der Waals surface area contributed by atoms with E-state index in [0.29, 0.717) is 31.2 Å². The van der Waals surface area contributed by atoms with E-state index in [2.05, 4.69) is 10.3 Å². The maximum absolute atomic E-state index is 13.0. The summed E-state index contributed by atoms with van der Waals surface area (Å²) in [5.74, 6) is 1.59. The Morgan fingerprint density at radius 2 is 1.89 bits per heavy atom. The molecule has 1 atom stereocenters. The number of fused-ring (bicyclic) bond motifs is 2. The highest BCUT2D eigenvalue weighted by atomic mass is 16.5. The van der Waals surface area contributed by atoms with Gasteiger partial charge in [-0.05, 0) is 48.7 Å². The van der Waals surface area contributed by atoms with Gasteiger partial charge in [0, 0.05) is 19.6 Å². The van der Waals surface area contributed by atoms with E-state index in [1.165, 1.54) is 0 Å². The molecule has 9 heteroatoms. The Bertz CT molecular complexity index is 1220. The number of methoxy groups -OCH3 is 2. The summed E-state index contributed by atoms with van der Waals surface area (Å²) in [6, 6.07) is 11.4. The van der Waals surface area contributed by atoms with Crippen molar-refractivity contribution in [3.8, 4) is 11.5 Å². The molecule has 0 radical (unpaired) electrons. The predicted molar refractivity (Wildman–Crippen MR) is 131 cm³/mol. The summed E-state index contributed by atoms with van der Waals surface area (Å²) in [7, 11) is 5.12. The first-order valence-corrected chi connectivity index (χ1v) is 11.8. The molecule has 1 aliphatic heterocycles. The summed E-state index contributed by atoms with van der Waals surface area (Å²) in [5, 5.41) is 2.99. The van der Waals surface area contributed by atoms with Gasteiger partial charge < -0.3 is 24.1 Å². The Hall–Kier alpha value is -3.59. The van der Waals surface area contributed by atoms with Crippen LogP contribution < -0.4 is 14.8 Å². The molecule has 2 heterocycles. The number of nitrogens with one attached hydrogen (secondary N) is 1. The smallest absolute Gasteiger partial charge is 0.307 e. The lowest BCUT2D eigenvalue weighted by Gasteiger charge is -2.37. The van der Waals surface area contributed by atoms with Crippen LogP contribution in [-0.4, -0.2) is 60.2 Å². The van der Waals surface area contributed by atoms with Crippen molar-refractivity contribution in [1.29, 1.82) is 0 Å². The predicted octanol–water partition coefficient (Wildman–Crippen LogP) is 2.76. The Morgan fingerprint density at radius 3 is 2.60 bits per heavy atom. The maximum atomic E-state index is 13.0. The largest absolute Gasteiger partial charge is 0.493 e. The van der Waals surface area contributed by atoms with Crippen LogP contribution in [-0.2, 0) is 34.3 Å². The van der Waals surface area contributed by atoms with Gasteiger partial charge in [0.05, 0.1) is 51.4 Å². The summed E-state index contributed by atoms with van der Waals surface area (Å²) in [5.41, 5.74) is 3.94. The van der Waals surface area contributed by atoms with Gasteiger partial charge in [-0.1, -0.05) is 12.1 Å². The summed E-state index contributed by atoms with van der Waals surface area (Å²) < 4.78 is 18.2. The fraction of sp³-hybridized carbons (Fsp3) is 0.423. The Kier molecular flexibility index (Phi) is 7.55. The quantitative estimate of drug-likeness (QED) is 0.471. The van der Waals surface area contributed by atoms with Crippen LogP contribution in [0, 0.1) is 0 Å². The van der Waals surface area contributed by atoms with Crippen molar-refractivity contribution in [1.82, 2.24) is 19.8 Å². The SMILES string of the molecule is CCOC(=O)CC1c2cc(OC)c(OC)cc2CCN1CC(=O)NCc1nc2ccccc2n1C. The number of benzene rings is 2. The van der Waals surface area contributed by atoms with Crippen LogP contribution in [0.5, 0.6) is 11.5 Å². The number of nitrogens with zero attached hydrogens (tertiary/aromatic N) is 3. The van der Waals surface area contributed by atoms with Gasteiger partial charge in [0.2, 0.25) is 5.91 Å². The number of amides is 1. The van der Waals surface area contributed by atoms with Crippen molar-refractivity contribution < 1.29 is 23.8 Å². The number of carbonyl (C=O) groups is 2. The highest BCUT2D eigenvalue weighted by Gasteiger charge is 2.32. The lowest BCUT2D eigenvalue weighted by Crippen LogP contribution is -2.43. The van der Waals surface area contributed by atoms with Gasteiger partial charge in [-0.2, -0.15) is 0 Å². The molecule has 0 bridgehead atoms. The number of rotatable bonds is 9. The third-order valence-corrected chi connectivity index (χ3v) is 6.45. The summed E-state index contributed by atoms with van der Waals surface area (Å²) in [4.78, 5) is 32.0. The topological polar surface area (TPSA) is 94.9 Å². The molecule has 1 unspecified atom stereocenters. The molecule has 9 nitrogen and oxygen atoms in total. The second-order valence-electron chi connectivity index (χ2n) is 8.50. The molecular weight excluding hydrogens is 448 g/mol. The molecular formula is C26H32N4O5. The molecule has 35 heavy (non-hydrogen) atoms. The Balaban J connectivity index is 1.51. The minimum atomic E-state index is -0.306. The van der Waals surface area contributed by atoms with E-state index in [1.54, 1.807) is 21.1 Å². The van der Waals surface area contributed by atoms with E-state index in [0.717, 1.165) is 34.4 Å². The van der Waals surface area contributed by atoms with Crippen molar-refractivity contribution in [2.45, 2.75) is 32.4 Å². The summed E-state index contributed by atoms with van der Waals surface area (Å²) in [6.45, 7) is 3.20. The van der Waals surface area contributed by atoms with E-state index in [4.69, 9.17) is 14.2 Å². The first-order valence-electron chi connectivity index (χ1n) is 11.8. The second kappa shape index (κ2) is 10.8. The molecule has 2 aromatic carbocycles. The molecule has 0 spiro atoms. The molecule has 1 aromatic heterocycles. The number of carbonyl (C=O) groups excluding carboxylic acids is 2. The number of esters is 1. The van der Waals surface area contributed by atoms with E-state index in [-0.39, 0.29) is 30.9 Å². The molecule has 1 aliphatic rings. The number of hydrogen-bond donors (Lipinski definition) is 1. The molecule has 0 saturated carbocycles. The minimum absolute atomic E-state index is 0.130. The summed E-state index contributed by atoms with van der Waals surface area (Å²) >= 11 is 0. The van der Waals surface area contributed by atoms with E-state index < -0.39 is 0 Å². The molecule has 0 saturated heterocycles. The van der Waals surface area contributed by atoms with Crippen LogP contribution in [0.2, 0.25) is 0 Å². The van der Waals surface area contributed by atoms with E-state index >= 15 is 0 Å². The normalized spacial score (nSPS) is 15.5. The summed E-state index contributed by atoms with van der Waals surface area (Å²) in [6.07, 6.45) is 0.876. The zero-order valence-corrected chi connectivity index (χ0v) is 20.7. The zero-order chi connectivity index (χ0) is 24.9. The number of hydrogen-bond acceptors (Lipinski definition) is 7. The number of aryl methyl sites for hydroxylation is 1. The molecule has 0 fully saturated rings. The van der Waals surface area contributed by atoms with E-state index in [9.17, 15) is 9.59 Å². The second-order valence-corrected chi connectivity index (χ2v) is 8.50. The van der Waals surface area contributed by atoms with E-state index in [1.807, 2.05) is 52.9 Å². The highest BCUT2D eigenvalue weighted by Crippen LogP contribution is 2.39. The van der Waals surface area contributed by atoms with Crippen LogP contribution in [0.15, 0.2) is 36.4 Å². The van der Waals surface area contributed by atoms with Gasteiger partial charge in [-0.15, -0.1) is 0 Å². The minimum Gasteiger partial charge on any atom is -0.493 e. The zero-order valence-electron chi connectivity index (χ0n) is 20.7. The molecule has 1 amide bonds. The van der Waals surface area contributed by atoms with Gasteiger partial charge in [0.15, 0.2) is 11.5 Å². The molecule has 1 N–H and O–H groups in total. The Morgan fingerprint density at radius 1 is 1.14 bits per heavy atom. The molecule has 0 aliphatic carbocycles. The van der Waals surface area contributed by atoms with Crippen molar-refractivity contribution in [2.75, 3.05) is 33.9 Å². The van der Waals surface area contributed by atoms with Gasteiger partial charge >= 0.3 is 5.97 Å². The number of para-hydroxylation sites is 2. The maximum Gasteiger partial charge on any atom is 0.307 e. The lowest BCUT2D eigenvalue weighted by atomic mass is 9.90. The van der Waals surface area contributed by atoms with Crippen LogP contribution in [0.3, 0.4) is 0 Å². The van der Waals surface area contributed by atoms with Gasteiger partial charge in [0.25, 0.3) is 0 Å². The molecule has 4 rings (SSSR count). The first-order chi connectivity index (χ1) is 16.9. The highest BCUT2D eigenvalue weighted by molar-refractivity contribution is 5.79.